The third kappa shape index (κ3) is 7.81. The van der Waals surface area contributed by atoms with E-state index in [1.165, 1.54) is 0 Å². The molecule has 6 heteroatoms. The van der Waals surface area contributed by atoms with Crippen molar-refractivity contribution in [2.75, 3.05) is 0 Å². The van der Waals surface area contributed by atoms with E-state index in [0.29, 0.717) is 22.3 Å². The van der Waals surface area contributed by atoms with Gasteiger partial charge in [0.2, 0.25) is 0 Å². The second kappa shape index (κ2) is 14.7. The van der Waals surface area contributed by atoms with Crippen molar-refractivity contribution in [3.63, 3.8) is 0 Å². The van der Waals surface area contributed by atoms with Gasteiger partial charge in [-0.1, -0.05) is 107 Å². The standard InChI is InChI=1S/C31H38N2O2.2Na/c1-18(2)25-15-26(19(3)4)29(33-17-24-14-10-12-22(8)31(24)35)27(20(5)6)28(25)32-16-23-13-9-11-21(7)30(23)34;;/h9-20,34-35H,1-8H3;;/q;2*+1/p-2. The number of aryl methyl sites for hydroxylation is 2. The van der Waals surface area contributed by atoms with Gasteiger partial charge in [-0.25, -0.2) is 0 Å². The molecule has 0 bridgehead atoms. The molecule has 0 heterocycles. The molecule has 4 nitrogen and oxygen atoms in total. The van der Waals surface area contributed by atoms with E-state index < -0.39 is 0 Å². The van der Waals surface area contributed by atoms with Gasteiger partial charge in [-0.2, -0.15) is 0 Å². The van der Waals surface area contributed by atoms with E-state index >= 15 is 0 Å². The molecule has 0 saturated carbocycles. The van der Waals surface area contributed by atoms with Crippen LogP contribution in [0.1, 0.15) is 98.2 Å². The zero-order chi connectivity index (χ0) is 25.9. The molecule has 0 aliphatic rings. The molecular weight excluding hydrogens is 478 g/mol. The first-order chi connectivity index (χ1) is 16.5. The van der Waals surface area contributed by atoms with Crippen molar-refractivity contribution in [3.05, 3.63) is 81.4 Å². The van der Waals surface area contributed by atoms with Crippen molar-refractivity contribution in [3.8, 4) is 11.5 Å². The number of aliphatic imine (C=N–C) groups is 2. The van der Waals surface area contributed by atoms with Gasteiger partial charge in [0.25, 0.3) is 0 Å². The van der Waals surface area contributed by atoms with E-state index in [9.17, 15) is 10.2 Å². The Kier molecular flexibility index (Phi) is 13.3. The molecule has 0 radical (unpaired) electrons. The fourth-order valence-electron chi connectivity index (χ4n) is 4.26. The average molecular weight is 515 g/mol. The first-order valence-corrected chi connectivity index (χ1v) is 12.3. The van der Waals surface area contributed by atoms with Crippen molar-refractivity contribution in [2.24, 2.45) is 9.98 Å². The zero-order valence-corrected chi connectivity index (χ0v) is 28.1. The molecule has 0 saturated heterocycles. The fourth-order valence-corrected chi connectivity index (χ4v) is 4.26. The van der Waals surface area contributed by atoms with E-state index in [2.05, 4.69) is 47.6 Å². The number of nitrogens with zero attached hydrogens (tertiary/aromatic N) is 2. The van der Waals surface area contributed by atoms with E-state index in [-0.39, 0.29) is 88.4 Å². The van der Waals surface area contributed by atoms with Crippen LogP contribution < -0.4 is 69.3 Å². The summed E-state index contributed by atoms with van der Waals surface area (Å²) < 4.78 is 0. The van der Waals surface area contributed by atoms with Crippen molar-refractivity contribution < 1.29 is 69.3 Å². The first-order valence-electron chi connectivity index (χ1n) is 12.3. The maximum absolute atomic E-state index is 12.6. The summed E-state index contributed by atoms with van der Waals surface area (Å²) >= 11 is 0. The topological polar surface area (TPSA) is 70.8 Å². The Bertz CT molecular complexity index is 1190. The summed E-state index contributed by atoms with van der Waals surface area (Å²) in [5, 5.41) is 25.2. The summed E-state index contributed by atoms with van der Waals surface area (Å²) in [5.74, 6) is 0.605. The van der Waals surface area contributed by atoms with Gasteiger partial charge in [0.15, 0.2) is 0 Å². The second-order valence-electron chi connectivity index (χ2n) is 10.1. The van der Waals surface area contributed by atoms with Crippen molar-refractivity contribution in [1.82, 2.24) is 0 Å². The Morgan fingerprint density at radius 1 is 0.622 bits per heavy atom. The predicted octanol–water partition coefficient (Wildman–Crippen LogP) is 1.33. The maximum Gasteiger partial charge on any atom is 1.00 e. The normalized spacial score (nSPS) is 11.5. The molecule has 0 unspecified atom stereocenters. The summed E-state index contributed by atoms with van der Waals surface area (Å²) in [6.45, 7) is 16.6. The third-order valence-corrected chi connectivity index (χ3v) is 6.34. The molecule has 3 aromatic carbocycles. The predicted molar refractivity (Wildman–Crippen MR) is 144 cm³/mol. The molecule has 3 aromatic rings. The Morgan fingerprint density at radius 2 is 1.00 bits per heavy atom. The van der Waals surface area contributed by atoms with Crippen LogP contribution in [0.2, 0.25) is 0 Å². The number of hydrogen-bond donors (Lipinski definition) is 0. The van der Waals surface area contributed by atoms with E-state index in [1.54, 1.807) is 24.6 Å². The SMILES string of the molecule is Cc1cccc(C=Nc2c(C(C)C)cc(C(C)C)c(N=Cc3cccc(C)c3[O-])c2C(C)C)c1[O-].[Na+].[Na+]. The number of benzene rings is 3. The molecule has 0 aliphatic heterocycles. The Balaban J connectivity index is 0.00000342. The summed E-state index contributed by atoms with van der Waals surface area (Å²) in [5.41, 5.74) is 7.57. The van der Waals surface area contributed by atoms with Crippen molar-refractivity contribution in [2.45, 2.75) is 73.1 Å². The van der Waals surface area contributed by atoms with Crippen LogP contribution in [0.3, 0.4) is 0 Å². The van der Waals surface area contributed by atoms with Gasteiger partial charge in [-0.05, 0) is 53.9 Å². The monoisotopic (exact) mass is 514 g/mol. The van der Waals surface area contributed by atoms with Crippen LogP contribution in [0.15, 0.2) is 52.4 Å². The van der Waals surface area contributed by atoms with Crippen LogP contribution in [0.4, 0.5) is 11.4 Å². The third-order valence-electron chi connectivity index (χ3n) is 6.34. The summed E-state index contributed by atoms with van der Waals surface area (Å²) in [4.78, 5) is 9.82. The molecule has 0 N–H and O–H groups in total. The molecular formula is C31H36N2Na2O2. The van der Waals surface area contributed by atoms with E-state index in [4.69, 9.17) is 9.98 Å². The van der Waals surface area contributed by atoms with Gasteiger partial charge in [0.05, 0.1) is 11.4 Å². The van der Waals surface area contributed by atoms with Crippen LogP contribution in [0.25, 0.3) is 0 Å². The smallest absolute Gasteiger partial charge is 0.872 e. The fraction of sp³-hybridized carbons (Fsp3) is 0.355. The minimum Gasteiger partial charge on any atom is -0.872 e. The van der Waals surface area contributed by atoms with Crippen LogP contribution in [0, 0.1) is 13.8 Å². The van der Waals surface area contributed by atoms with Gasteiger partial charge in [0.1, 0.15) is 0 Å². The van der Waals surface area contributed by atoms with Crippen molar-refractivity contribution in [1.29, 1.82) is 0 Å². The molecule has 0 atom stereocenters. The van der Waals surface area contributed by atoms with Crippen LogP contribution in [-0.2, 0) is 0 Å². The van der Waals surface area contributed by atoms with E-state index in [1.807, 2.05) is 38.1 Å². The molecule has 0 aromatic heterocycles. The zero-order valence-electron chi connectivity index (χ0n) is 24.1. The largest absolute Gasteiger partial charge is 1.00 e. The van der Waals surface area contributed by atoms with Crippen LogP contribution >= 0.6 is 0 Å². The molecule has 0 amide bonds. The molecule has 0 aliphatic carbocycles. The molecule has 0 spiro atoms. The van der Waals surface area contributed by atoms with Crippen molar-refractivity contribution >= 4 is 23.8 Å². The van der Waals surface area contributed by atoms with E-state index in [0.717, 1.165) is 28.1 Å². The van der Waals surface area contributed by atoms with Gasteiger partial charge >= 0.3 is 59.1 Å². The molecule has 0 fully saturated rings. The van der Waals surface area contributed by atoms with Gasteiger partial charge < -0.3 is 10.2 Å². The molecule has 37 heavy (non-hydrogen) atoms. The Morgan fingerprint density at radius 3 is 1.32 bits per heavy atom. The second-order valence-corrected chi connectivity index (χ2v) is 10.1. The van der Waals surface area contributed by atoms with Gasteiger partial charge in [-0.15, -0.1) is 0 Å². The minimum absolute atomic E-state index is 0. The summed E-state index contributed by atoms with van der Waals surface area (Å²) in [7, 11) is 0. The Hall–Kier alpha value is -1.40. The van der Waals surface area contributed by atoms with Gasteiger partial charge in [-0.3, -0.25) is 9.98 Å². The summed E-state index contributed by atoms with van der Waals surface area (Å²) in [6, 6.07) is 13.2. The quantitative estimate of drug-likeness (QED) is 0.353. The maximum atomic E-state index is 12.6. The van der Waals surface area contributed by atoms with Crippen LogP contribution in [-0.4, -0.2) is 12.4 Å². The molecule has 184 valence electrons. The summed E-state index contributed by atoms with van der Waals surface area (Å²) in [6.07, 6.45) is 3.36. The number of para-hydroxylation sites is 2. The first kappa shape index (κ1) is 33.6. The van der Waals surface area contributed by atoms with Gasteiger partial charge in [0, 0.05) is 18.0 Å². The number of hydrogen-bond acceptors (Lipinski definition) is 4. The minimum atomic E-state index is -0.00656. The van der Waals surface area contributed by atoms with Crippen LogP contribution in [0.5, 0.6) is 11.5 Å². The number of rotatable bonds is 7. The molecule has 3 rings (SSSR count). The Labute approximate surface area is 266 Å². The average Bonchev–Trinajstić information content (AvgIpc) is 2.79.